The number of nitriles is 1. The number of hydrogen-bond acceptors (Lipinski definition) is 4. The van der Waals surface area contributed by atoms with E-state index in [9.17, 15) is 10.1 Å². The molecule has 0 bridgehead atoms. The summed E-state index contributed by atoms with van der Waals surface area (Å²) in [6.45, 7) is 1.90. The van der Waals surface area contributed by atoms with Crippen LogP contribution in [0.2, 0.25) is 10.0 Å². The predicted octanol–water partition coefficient (Wildman–Crippen LogP) is 3.23. The van der Waals surface area contributed by atoms with Crippen LogP contribution in [-0.4, -0.2) is 22.4 Å². The number of ether oxygens (including phenoxy) is 1. The normalized spacial score (nSPS) is 10.1. The number of nitrogens with zero attached hydrogens (tertiary/aromatic N) is 3. The van der Waals surface area contributed by atoms with Crippen molar-refractivity contribution < 1.29 is 9.53 Å². The van der Waals surface area contributed by atoms with Gasteiger partial charge in [-0.2, -0.15) is 10.4 Å². The number of hydrogen-bond donors (Lipinski definition) is 0. The van der Waals surface area contributed by atoms with Gasteiger partial charge in [0.2, 0.25) is 0 Å². The van der Waals surface area contributed by atoms with Gasteiger partial charge in [0.1, 0.15) is 11.6 Å². The molecule has 0 aliphatic heterocycles. The molecule has 0 aliphatic rings. The number of carbonyl (C=O) groups is 1. The van der Waals surface area contributed by atoms with Gasteiger partial charge in [-0.3, -0.25) is 0 Å². The molecule has 0 aliphatic carbocycles. The lowest BCUT2D eigenvalue weighted by molar-refractivity contribution is 0.0526. The Morgan fingerprint density at radius 3 is 2.85 bits per heavy atom. The number of halogens is 2. The molecule has 2 aromatic rings. The topological polar surface area (TPSA) is 67.9 Å². The fourth-order valence-electron chi connectivity index (χ4n) is 1.65. The molecule has 0 N–H and O–H groups in total. The second-order valence-corrected chi connectivity index (χ2v) is 4.59. The SMILES string of the molecule is CCOC(=O)c1cnn(-c2ccc(Cl)cc2Cl)c1C#N. The minimum absolute atomic E-state index is 0.0627. The molecule has 0 unspecified atom stereocenters. The third-order valence-corrected chi connectivity index (χ3v) is 3.05. The van der Waals surface area contributed by atoms with Crippen molar-refractivity contribution in [2.75, 3.05) is 6.61 Å². The summed E-state index contributed by atoms with van der Waals surface area (Å²) in [6.07, 6.45) is 1.28. The maximum absolute atomic E-state index is 11.7. The highest BCUT2D eigenvalue weighted by molar-refractivity contribution is 6.35. The van der Waals surface area contributed by atoms with Crippen molar-refractivity contribution >= 4 is 29.2 Å². The van der Waals surface area contributed by atoms with Crippen LogP contribution in [0.1, 0.15) is 23.0 Å². The number of esters is 1. The Morgan fingerprint density at radius 1 is 1.50 bits per heavy atom. The van der Waals surface area contributed by atoms with E-state index in [4.69, 9.17) is 27.9 Å². The van der Waals surface area contributed by atoms with Crippen LogP contribution in [0.25, 0.3) is 5.69 Å². The molecule has 0 amide bonds. The summed E-state index contributed by atoms with van der Waals surface area (Å²) in [5, 5.41) is 14.0. The largest absolute Gasteiger partial charge is 0.462 e. The van der Waals surface area contributed by atoms with E-state index < -0.39 is 5.97 Å². The molecule has 0 radical (unpaired) electrons. The zero-order chi connectivity index (χ0) is 14.7. The van der Waals surface area contributed by atoms with Crippen molar-refractivity contribution in [1.82, 2.24) is 9.78 Å². The third-order valence-electron chi connectivity index (χ3n) is 2.51. The van der Waals surface area contributed by atoms with Crippen LogP contribution in [-0.2, 0) is 4.74 Å². The van der Waals surface area contributed by atoms with Gasteiger partial charge in [0.25, 0.3) is 0 Å². The van der Waals surface area contributed by atoms with E-state index in [0.29, 0.717) is 15.7 Å². The van der Waals surface area contributed by atoms with E-state index in [1.165, 1.54) is 16.9 Å². The number of aromatic nitrogens is 2. The van der Waals surface area contributed by atoms with Crippen molar-refractivity contribution in [3.8, 4) is 11.8 Å². The van der Waals surface area contributed by atoms with Crippen molar-refractivity contribution in [2.24, 2.45) is 0 Å². The highest BCUT2D eigenvalue weighted by Gasteiger charge is 2.20. The summed E-state index contributed by atoms with van der Waals surface area (Å²) >= 11 is 11.9. The molecule has 102 valence electrons. The molecule has 0 atom stereocenters. The molecule has 0 saturated heterocycles. The summed E-state index contributed by atoms with van der Waals surface area (Å²) in [5.41, 5.74) is 0.621. The van der Waals surface area contributed by atoms with Crippen LogP contribution < -0.4 is 0 Å². The maximum Gasteiger partial charge on any atom is 0.342 e. The van der Waals surface area contributed by atoms with Crippen LogP contribution in [0, 0.1) is 11.3 Å². The Labute approximate surface area is 125 Å². The van der Waals surface area contributed by atoms with E-state index in [-0.39, 0.29) is 17.9 Å². The van der Waals surface area contributed by atoms with Gasteiger partial charge in [-0.1, -0.05) is 23.2 Å². The second kappa shape index (κ2) is 5.95. The Morgan fingerprint density at radius 2 is 2.25 bits per heavy atom. The summed E-state index contributed by atoms with van der Waals surface area (Å²) in [6, 6.07) is 6.70. The average Bonchev–Trinajstić information content (AvgIpc) is 2.82. The molecule has 1 aromatic heterocycles. The molecule has 1 aromatic carbocycles. The molecule has 2 rings (SSSR count). The first kappa shape index (κ1) is 14.4. The zero-order valence-corrected chi connectivity index (χ0v) is 11.9. The van der Waals surface area contributed by atoms with Crippen LogP contribution in [0.4, 0.5) is 0 Å². The number of carbonyl (C=O) groups excluding carboxylic acids is 1. The van der Waals surface area contributed by atoms with E-state index in [1.54, 1.807) is 19.1 Å². The smallest absolute Gasteiger partial charge is 0.342 e. The molecule has 0 saturated carbocycles. The molecule has 5 nitrogen and oxygen atoms in total. The monoisotopic (exact) mass is 309 g/mol. The molecule has 0 fully saturated rings. The number of rotatable bonds is 3. The lowest BCUT2D eigenvalue weighted by Gasteiger charge is -2.06. The van der Waals surface area contributed by atoms with Gasteiger partial charge in [-0.05, 0) is 25.1 Å². The Bertz CT molecular complexity index is 704. The first-order valence-electron chi connectivity index (χ1n) is 5.69. The first-order chi connectivity index (χ1) is 9.58. The van der Waals surface area contributed by atoms with Crippen molar-refractivity contribution in [3.05, 3.63) is 45.7 Å². The van der Waals surface area contributed by atoms with E-state index in [2.05, 4.69) is 5.10 Å². The van der Waals surface area contributed by atoms with Gasteiger partial charge < -0.3 is 4.74 Å². The van der Waals surface area contributed by atoms with E-state index in [0.717, 1.165) is 0 Å². The Balaban J connectivity index is 2.54. The lowest BCUT2D eigenvalue weighted by Crippen LogP contribution is -2.07. The van der Waals surface area contributed by atoms with Crippen molar-refractivity contribution in [1.29, 1.82) is 5.26 Å². The zero-order valence-electron chi connectivity index (χ0n) is 10.4. The minimum Gasteiger partial charge on any atom is -0.462 e. The summed E-state index contributed by atoms with van der Waals surface area (Å²) in [4.78, 5) is 11.7. The summed E-state index contributed by atoms with van der Waals surface area (Å²) in [5.74, 6) is -0.597. The summed E-state index contributed by atoms with van der Waals surface area (Å²) < 4.78 is 6.15. The van der Waals surface area contributed by atoms with Gasteiger partial charge in [0, 0.05) is 5.02 Å². The van der Waals surface area contributed by atoms with Gasteiger partial charge in [0.05, 0.1) is 23.5 Å². The molecular weight excluding hydrogens is 301 g/mol. The quantitative estimate of drug-likeness (QED) is 0.816. The Hall–Kier alpha value is -2.03. The van der Waals surface area contributed by atoms with Crippen molar-refractivity contribution in [2.45, 2.75) is 6.92 Å². The van der Waals surface area contributed by atoms with Gasteiger partial charge in [-0.15, -0.1) is 0 Å². The van der Waals surface area contributed by atoms with Crippen LogP contribution in [0.5, 0.6) is 0 Å². The van der Waals surface area contributed by atoms with E-state index >= 15 is 0 Å². The maximum atomic E-state index is 11.7. The third kappa shape index (κ3) is 2.62. The predicted molar refractivity (Wildman–Crippen MR) is 74.3 cm³/mol. The fraction of sp³-hybridized carbons (Fsp3) is 0.154. The highest BCUT2D eigenvalue weighted by atomic mass is 35.5. The first-order valence-corrected chi connectivity index (χ1v) is 6.44. The summed E-state index contributed by atoms with van der Waals surface area (Å²) in [7, 11) is 0. The van der Waals surface area contributed by atoms with Crippen LogP contribution in [0.3, 0.4) is 0 Å². The van der Waals surface area contributed by atoms with Gasteiger partial charge >= 0.3 is 5.97 Å². The van der Waals surface area contributed by atoms with Gasteiger partial charge in [0.15, 0.2) is 5.69 Å². The van der Waals surface area contributed by atoms with Crippen LogP contribution in [0.15, 0.2) is 24.4 Å². The standard InChI is InChI=1S/C13H9Cl2N3O2/c1-2-20-13(19)9-7-17-18(12(9)6-16)11-4-3-8(14)5-10(11)15/h3-5,7H,2H2,1H3. The molecule has 7 heteroatoms. The lowest BCUT2D eigenvalue weighted by atomic mass is 10.2. The van der Waals surface area contributed by atoms with Crippen LogP contribution >= 0.6 is 23.2 Å². The highest BCUT2D eigenvalue weighted by Crippen LogP contribution is 2.26. The molecule has 20 heavy (non-hydrogen) atoms. The molecule has 0 spiro atoms. The average molecular weight is 310 g/mol. The second-order valence-electron chi connectivity index (χ2n) is 3.75. The fourth-order valence-corrected chi connectivity index (χ4v) is 2.14. The molecule has 1 heterocycles. The molecular formula is C13H9Cl2N3O2. The van der Waals surface area contributed by atoms with Crippen molar-refractivity contribution in [3.63, 3.8) is 0 Å². The van der Waals surface area contributed by atoms with E-state index in [1.807, 2.05) is 6.07 Å². The number of benzene rings is 1. The minimum atomic E-state index is -0.597. The van der Waals surface area contributed by atoms with Gasteiger partial charge in [-0.25, -0.2) is 9.48 Å². The Kier molecular flexibility index (Phi) is 4.28.